The maximum absolute atomic E-state index is 12.4. The van der Waals surface area contributed by atoms with Gasteiger partial charge in [-0.15, -0.1) is 0 Å². The average Bonchev–Trinajstić information content (AvgIpc) is 2.94. The molecule has 2 aromatic rings. The number of hydrogen-bond donors (Lipinski definition) is 2. The molecule has 0 radical (unpaired) electrons. The Hall–Kier alpha value is -2.70. The number of fused-ring (bicyclic) bond motifs is 3. The minimum Gasteiger partial charge on any atom is -0.426 e. The van der Waals surface area contributed by atoms with Crippen molar-refractivity contribution in [2.24, 2.45) is 0 Å². The van der Waals surface area contributed by atoms with Crippen LogP contribution in [0.2, 0.25) is 0 Å². The molecule has 2 amide bonds. The molecule has 4 rings (SSSR count). The molecule has 7 heteroatoms. The van der Waals surface area contributed by atoms with Crippen LogP contribution in [-0.4, -0.2) is 28.5 Å². The van der Waals surface area contributed by atoms with E-state index >= 15 is 0 Å². The average molecular weight is 298 g/mol. The summed E-state index contributed by atoms with van der Waals surface area (Å²) in [7, 11) is 0. The third kappa shape index (κ3) is 1.45. The molecule has 1 spiro atoms. The molecule has 22 heavy (non-hydrogen) atoms. The lowest BCUT2D eigenvalue weighted by atomic mass is 9.92. The smallest absolute Gasteiger partial charge is 0.408 e. The molecule has 1 aromatic heterocycles. The summed E-state index contributed by atoms with van der Waals surface area (Å²) in [6, 6.07) is 1.82. The lowest BCUT2D eigenvalue weighted by Crippen LogP contribution is -2.37. The van der Waals surface area contributed by atoms with Crippen molar-refractivity contribution >= 4 is 28.6 Å². The quantitative estimate of drug-likeness (QED) is 0.767. The molecule has 3 heterocycles. The molecular formula is C15H14N4O3. The van der Waals surface area contributed by atoms with Gasteiger partial charge in [0.2, 0.25) is 5.60 Å². The Morgan fingerprint density at radius 1 is 1.23 bits per heavy atom. The van der Waals surface area contributed by atoms with Gasteiger partial charge in [0.1, 0.15) is 5.82 Å². The zero-order chi connectivity index (χ0) is 15.6. The maximum atomic E-state index is 12.4. The number of aryl methyl sites for hydroxylation is 3. The molecule has 7 nitrogen and oxygen atoms in total. The molecule has 1 saturated heterocycles. The van der Waals surface area contributed by atoms with Gasteiger partial charge in [-0.25, -0.2) is 14.8 Å². The monoisotopic (exact) mass is 298 g/mol. The van der Waals surface area contributed by atoms with E-state index in [0.29, 0.717) is 17.1 Å². The summed E-state index contributed by atoms with van der Waals surface area (Å²) in [6.45, 7) is 5.78. The van der Waals surface area contributed by atoms with Gasteiger partial charge < -0.3 is 15.4 Å². The summed E-state index contributed by atoms with van der Waals surface area (Å²) in [5, 5.41) is 6.32. The van der Waals surface area contributed by atoms with Crippen molar-refractivity contribution in [3.8, 4) is 0 Å². The number of hydrogen-bond acceptors (Lipinski definition) is 5. The van der Waals surface area contributed by atoms with E-state index < -0.39 is 11.7 Å². The molecule has 0 bridgehead atoms. The predicted octanol–water partition coefficient (Wildman–Crippen LogP) is 1.44. The first kappa shape index (κ1) is 13.0. The standard InChI is InChI=1S/C15H14N4O3/c1-6-11-7(2)17-8(3)18-10(11)4-9-12(6)19-13(20)15(9)5-16-14(21)22-15/h4H,5H2,1-3H3,(H,16,21)(H,19,20). The second-order valence-corrected chi connectivity index (χ2v) is 5.70. The van der Waals surface area contributed by atoms with Crippen LogP contribution in [-0.2, 0) is 15.1 Å². The van der Waals surface area contributed by atoms with Crippen LogP contribution in [0.5, 0.6) is 0 Å². The number of amides is 2. The Bertz CT molecular complexity index is 877. The van der Waals surface area contributed by atoms with Crippen LogP contribution in [0.1, 0.15) is 22.6 Å². The van der Waals surface area contributed by atoms with E-state index in [1.54, 1.807) is 0 Å². The van der Waals surface area contributed by atoms with E-state index in [-0.39, 0.29) is 12.5 Å². The molecular weight excluding hydrogens is 284 g/mol. The Kier molecular flexibility index (Phi) is 2.33. The van der Waals surface area contributed by atoms with Gasteiger partial charge >= 0.3 is 6.09 Å². The number of nitrogens with zero attached hydrogens (tertiary/aromatic N) is 2. The van der Waals surface area contributed by atoms with Crippen LogP contribution in [0.4, 0.5) is 10.5 Å². The first-order chi connectivity index (χ1) is 10.4. The number of nitrogens with one attached hydrogen (secondary N) is 2. The molecule has 1 fully saturated rings. The normalized spacial score (nSPS) is 22.7. The fourth-order valence-electron chi connectivity index (χ4n) is 3.36. The van der Waals surface area contributed by atoms with Crippen LogP contribution in [0, 0.1) is 20.8 Å². The molecule has 1 aromatic carbocycles. The second-order valence-electron chi connectivity index (χ2n) is 5.70. The zero-order valence-corrected chi connectivity index (χ0v) is 12.4. The summed E-state index contributed by atoms with van der Waals surface area (Å²) >= 11 is 0. The fraction of sp³-hybridized carbons (Fsp3) is 0.333. The van der Waals surface area contributed by atoms with E-state index in [1.165, 1.54) is 0 Å². The molecule has 0 aliphatic carbocycles. The number of anilines is 1. The number of carbonyl (C=O) groups is 2. The van der Waals surface area contributed by atoms with Gasteiger partial charge in [0.15, 0.2) is 0 Å². The topological polar surface area (TPSA) is 93.2 Å². The van der Waals surface area contributed by atoms with Crippen molar-refractivity contribution in [1.29, 1.82) is 0 Å². The summed E-state index contributed by atoms with van der Waals surface area (Å²) < 4.78 is 5.31. The zero-order valence-electron chi connectivity index (χ0n) is 12.4. The van der Waals surface area contributed by atoms with Gasteiger partial charge in [-0.1, -0.05) is 0 Å². The first-order valence-electron chi connectivity index (χ1n) is 7.00. The number of carbonyl (C=O) groups excluding carboxylic acids is 2. The molecule has 2 aliphatic heterocycles. The number of benzene rings is 1. The molecule has 2 N–H and O–H groups in total. The molecule has 1 unspecified atom stereocenters. The van der Waals surface area contributed by atoms with Gasteiger partial charge in [-0.3, -0.25) is 4.79 Å². The van der Waals surface area contributed by atoms with Crippen molar-refractivity contribution in [3.63, 3.8) is 0 Å². The van der Waals surface area contributed by atoms with Gasteiger partial charge in [-0.2, -0.15) is 0 Å². The van der Waals surface area contributed by atoms with Crippen LogP contribution in [0.15, 0.2) is 6.07 Å². The van der Waals surface area contributed by atoms with Crippen molar-refractivity contribution in [2.45, 2.75) is 26.4 Å². The summed E-state index contributed by atoms with van der Waals surface area (Å²) in [5.41, 5.74) is 2.54. The summed E-state index contributed by atoms with van der Waals surface area (Å²) in [6.07, 6.45) is -0.587. The van der Waals surface area contributed by atoms with Gasteiger partial charge in [0.25, 0.3) is 5.91 Å². The minimum atomic E-state index is -1.29. The molecule has 1 atom stereocenters. The number of alkyl carbamates (subject to hydrolysis) is 1. The number of ether oxygens (including phenoxy) is 1. The summed E-state index contributed by atoms with van der Waals surface area (Å²) in [4.78, 5) is 32.7. The van der Waals surface area contributed by atoms with Crippen LogP contribution in [0.3, 0.4) is 0 Å². The van der Waals surface area contributed by atoms with Crippen LogP contribution >= 0.6 is 0 Å². The number of aromatic nitrogens is 2. The Labute approximate surface area is 126 Å². The first-order valence-corrected chi connectivity index (χ1v) is 7.00. The van der Waals surface area contributed by atoms with E-state index in [0.717, 1.165) is 22.2 Å². The summed E-state index contributed by atoms with van der Waals surface area (Å²) in [5.74, 6) is 0.332. The second kappa shape index (κ2) is 3.94. The van der Waals surface area contributed by atoms with E-state index in [1.807, 2.05) is 26.8 Å². The molecule has 0 saturated carbocycles. The highest BCUT2D eigenvalue weighted by molar-refractivity contribution is 6.11. The van der Waals surface area contributed by atoms with Crippen molar-refractivity contribution in [3.05, 3.63) is 28.7 Å². The minimum absolute atomic E-state index is 0.124. The van der Waals surface area contributed by atoms with Gasteiger partial charge in [0.05, 0.1) is 17.7 Å². The maximum Gasteiger partial charge on any atom is 0.408 e. The third-order valence-corrected chi connectivity index (χ3v) is 4.32. The highest BCUT2D eigenvalue weighted by Crippen LogP contribution is 2.44. The SMILES string of the molecule is Cc1nc(C)c2c(C)c3c(cc2n1)C1(CNC(=O)O1)C(=O)N3. The van der Waals surface area contributed by atoms with Gasteiger partial charge in [0, 0.05) is 16.6 Å². The Morgan fingerprint density at radius 3 is 2.68 bits per heavy atom. The highest BCUT2D eigenvalue weighted by atomic mass is 16.6. The van der Waals surface area contributed by atoms with Crippen LogP contribution in [0.25, 0.3) is 10.9 Å². The van der Waals surface area contributed by atoms with Crippen molar-refractivity contribution in [2.75, 3.05) is 11.9 Å². The Morgan fingerprint density at radius 2 is 2.00 bits per heavy atom. The Balaban J connectivity index is 2.07. The lowest BCUT2D eigenvalue weighted by Gasteiger charge is -2.19. The largest absolute Gasteiger partial charge is 0.426 e. The van der Waals surface area contributed by atoms with E-state index in [2.05, 4.69) is 20.6 Å². The number of rotatable bonds is 0. The molecule has 2 aliphatic rings. The third-order valence-electron chi connectivity index (χ3n) is 4.32. The van der Waals surface area contributed by atoms with E-state index in [9.17, 15) is 9.59 Å². The van der Waals surface area contributed by atoms with E-state index in [4.69, 9.17) is 4.74 Å². The fourth-order valence-corrected chi connectivity index (χ4v) is 3.36. The highest BCUT2D eigenvalue weighted by Gasteiger charge is 2.55. The van der Waals surface area contributed by atoms with Crippen LogP contribution < -0.4 is 10.6 Å². The lowest BCUT2D eigenvalue weighted by molar-refractivity contribution is -0.130. The van der Waals surface area contributed by atoms with Crippen molar-refractivity contribution < 1.29 is 14.3 Å². The van der Waals surface area contributed by atoms with Crippen molar-refractivity contribution in [1.82, 2.24) is 15.3 Å². The van der Waals surface area contributed by atoms with Gasteiger partial charge in [-0.05, 0) is 32.4 Å². The predicted molar refractivity (Wildman–Crippen MR) is 78.5 cm³/mol. The molecule has 112 valence electrons.